The van der Waals surface area contributed by atoms with Gasteiger partial charge in [-0.05, 0) is 24.1 Å². The maximum Gasteiger partial charge on any atom is 0.413 e. The first kappa shape index (κ1) is 15.6. The van der Waals surface area contributed by atoms with Crippen molar-refractivity contribution >= 4 is 12.0 Å². The standard InChI is InChI=1S/C17H18N2O3/c20-16(18-12-11-14-7-3-1-4-8-14)13-19-17(21)22-15-9-5-2-6-10-15/h1-10H,11-13H2,(H,18,20)(H,19,21). The molecule has 0 aliphatic rings. The molecule has 0 saturated carbocycles. The van der Waals surface area contributed by atoms with Gasteiger partial charge in [0.15, 0.2) is 0 Å². The van der Waals surface area contributed by atoms with Crippen LogP contribution >= 0.6 is 0 Å². The fourth-order valence-electron chi connectivity index (χ4n) is 1.84. The van der Waals surface area contributed by atoms with E-state index in [4.69, 9.17) is 4.74 Å². The zero-order chi connectivity index (χ0) is 15.6. The molecular formula is C17H18N2O3. The van der Waals surface area contributed by atoms with Gasteiger partial charge in [-0.2, -0.15) is 0 Å². The van der Waals surface area contributed by atoms with Crippen molar-refractivity contribution in [2.75, 3.05) is 13.1 Å². The molecule has 0 aromatic heterocycles. The second-order valence-electron chi connectivity index (χ2n) is 4.64. The Morgan fingerprint density at radius 2 is 1.50 bits per heavy atom. The summed E-state index contributed by atoms with van der Waals surface area (Å²) in [6.45, 7) is 0.415. The van der Waals surface area contributed by atoms with Crippen LogP contribution in [0.1, 0.15) is 5.56 Å². The van der Waals surface area contributed by atoms with Crippen LogP contribution in [0, 0.1) is 0 Å². The second-order valence-corrected chi connectivity index (χ2v) is 4.64. The van der Waals surface area contributed by atoms with Crippen molar-refractivity contribution in [2.45, 2.75) is 6.42 Å². The molecule has 5 nitrogen and oxygen atoms in total. The number of carbonyl (C=O) groups is 2. The van der Waals surface area contributed by atoms with Crippen LogP contribution in [0.3, 0.4) is 0 Å². The van der Waals surface area contributed by atoms with E-state index in [2.05, 4.69) is 10.6 Å². The molecule has 0 radical (unpaired) electrons. The maximum absolute atomic E-state index is 11.6. The summed E-state index contributed by atoms with van der Waals surface area (Å²) in [5, 5.41) is 5.15. The molecule has 0 bridgehead atoms. The Labute approximate surface area is 129 Å². The highest BCUT2D eigenvalue weighted by atomic mass is 16.6. The first-order valence-electron chi connectivity index (χ1n) is 7.05. The number of carbonyl (C=O) groups excluding carboxylic acids is 2. The largest absolute Gasteiger partial charge is 0.413 e. The number of amides is 2. The molecule has 2 amide bonds. The average Bonchev–Trinajstić information content (AvgIpc) is 2.55. The zero-order valence-electron chi connectivity index (χ0n) is 12.1. The van der Waals surface area contributed by atoms with Gasteiger partial charge in [-0.25, -0.2) is 4.79 Å². The molecule has 0 spiro atoms. The molecule has 114 valence electrons. The Morgan fingerprint density at radius 3 is 2.18 bits per heavy atom. The molecule has 2 aromatic carbocycles. The van der Waals surface area contributed by atoms with Crippen LogP contribution in [-0.4, -0.2) is 25.1 Å². The van der Waals surface area contributed by atoms with Crippen LogP contribution in [0.2, 0.25) is 0 Å². The van der Waals surface area contributed by atoms with Crippen molar-refractivity contribution in [2.24, 2.45) is 0 Å². The minimum Gasteiger partial charge on any atom is -0.410 e. The van der Waals surface area contributed by atoms with Gasteiger partial charge in [-0.15, -0.1) is 0 Å². The molecule has 2 aromatic rings. The summed E-state index contributed by atoms with van der Waals surface area (Å²) in [4.78, 5) is 23.1. The summed E-state index contributed by atoms with van der Waals surface area (Å²) < 4.78 is 5.01. The third-order valence-corrected chi connectivity index (χ3v) is 2.93. The second kappa shape index (κ2) is 8.46. The molecule has 2 N–H and O–H groups in total. The quantitative estimate of drug-likeness (QED) is 0.858. The molecule has 0 atom stereocenters. The Morgan fingerprint density at radius 1 is 0.864 bits per heavy atom. The van der Waals surface area contributed by atoms with Crippen LogP contribution in [0.15, 0.2) is 60.7 Å². The van der Waals surface area contributed by atoms with Crippen molar-refractivity contribution in [3.8, 4) is 5.75 Å². The van der Waals surface area contributed by atoms with E-state index in [-0.39, 0.29) is 12.5 Å². The molecule has 0 heterocycles. The van der Waals surface area contributed by atoms with Crippen molar-refractivity contribution < 1.29 is 14.3 Å². The van der Waals surface area contributed by atoms with E-state index in [0.717, 1.165) is 12.0 Å². The Bertz CT molecular complexity index is 600. The van der Waals surface area contributed by atoms with E-state index in [9.17, 15) is 9.59 Å². The molecule has 0 saturated heterocycles. The molecule has 22 heavy (non-hydrogen) atoms. The van der Waals surface area contributed by atoms with Gasteiger partial charge in [0.2, 0.25) is 5.91 Å². The minimum atomic E-state index is -0.649. The lowest BCUT2D eigenvalue weighted by molar-refractivity contribution is -0.120. The van der Waals surface area contributed by atoms with E-state index in [1.807, 2.05) is 36.4 Å². The lowest BCUT2D eigenvalue weighted by Gasteiger charge is -2.07. The monoisotopic (exact) mass is 298 g/mol. The minimum absolute atomic E-state index is 0.111. The van der Waals surface area contributed by atoms with Gasteiger partial charge in [0, 0.05) is 6.54 Å². The molecule has 2 rings (SSSR count). The number of hydrogen-bond donors (Lipinski definition) is 2. The van der Waals surface area contributed by atoms with Gasteiger partial charge in [0.05, 0.1) is 0 Å². The lowest BCUT2D eigenvalue weighted by atomic mass is 10.1. The van der Waals surface area contributed by atoms with Gasteiger partial charge in [-0.3, -0.25) is 4.79 Å². The van der Waals surface area contributed by atoms with Gasteiger partial charge < -0.3 is 15.4 Å². The van der Waals surface area contributed by atoms with Crippen molar-refractivity contribution in [3.05, 3.63) is 66.2 Å². The first-order valence-corrected chi connectivity index (χ1v) is 7.05. The first-order chi connectivity index (χ1) is 10.7. The molecule has 0 unspecified atom stereocenters. The highest BCUT2D eigenvalue weighted by molar-refractivity contribution is 5.82. The van der Waals surface area contributed by atoms with Crippen LogP contribution < -0.4 is 15.4 Å². The molecule has 5 heteroatoms. The zero-order valence-corrected chi connectivity index (χ0v) is 12.1. The maximum atomic E-state index is 11.6. The third-order valence-electron chi connectivity index (χ3n) is 2.93. The summed E-state index contributed by atoms with van der Waals surface area (Å²) in [6.07, 6.45) is 0.102. The summed E-state index contributed by atoms with van der Waals surface area (Å²) in [6, 6.07) is 18.5. The predicted molar refractivity (Wildman–Crippen MR) is 83.6 cm³/mol. The Kier molecular flexibility index (Phi) is 5.99. The number of nitrogens with one attached hydrogen (secondary N) is 2. The van der Waals surface area contributed by atoms with Crippen molar-refractivity contribution in [3.63, 3.8) is 0 Å². The fourth-order valence-corrected chi connectivity index (χ4v) is 1.84. The number of para-hydroxylation sites is 1. The van der Waals surface area contributed by atoms with Crippen LogP contribution in [0.25, 0.3) is 0 Å². The number of ether oxygens (including phenoxy) is 1. The molecular weight excluding hydrogens is 280 g/mol. The normalized spacial score (nSPS) is 9.82. The van der Waals surface area contributed by atoms with Crippen molar-refractivity contribution in [1.82, 2.24) is 10.6 Å². The van der Waals surface area contributed by atoms with Gasteiger partial charge in [-0.1, -0.05) is 48.5 Å². The Balaban J connectivity index is 1.62. The smallest absolute Gasteiger partial charge is 0.410 e. The summed E-state index contributed by atoms with van der Waals surface area (Å²) in [7, 11) is 0. The van der Waals surface area contributed by atoms with Crippen molar-refractivity contribution in [1.29, 1.82) is 0 Å². The summed E-state index contributed by atoms with van der Waals surface area (Å²) in [5.74, 6) is 0.186. The van der Waals surface area contributed by atoms with Crippen LogP contribution in [-0.2, 0) is 11.2 Å². The van der Waals surface area contributed by atoms with E-state index in [0.29, 0.717) is 12.3 Å². The van der Waals surface area contributed by atoms with Gasteiger partial charge in [0.1, 0.15) is 12.3 Å². The predicted octanol–water partition coefficient (Wildman–Crippen LogP) is 2.13. The van der Waals surface area contributed by atoms with Gasteiger partial charge >= 0.3 is 6.09 Å². The number of benzene rings is 2. The molecule has 0 aliphatic carbocycles. The highest BCUT2D eigenvalue weighted by Gasteiger charge is 2.06. The van der Waals surface area contributed by atoms with Gasteiger partial charge in [0.25, 0.3) is 0 Å². The molecule has 0 aliphatic heterocycles. The third kappa shape index (κ3) is 5.66. The Hall–Kier alpha value is -2.82. The summed E-state index contributed by atoms with van der Waals surface area (Å²) >= 11 is 0. The van der Waals surface area contributed by atoms with E-state index < -0.39 is 6.09 Å². The van der Waals surface area contributed by atoms with E-state index in [1.54, 1.807) is 24.3 Å². The average molecular weight is 298 g/mol. The van der Waals surface area contributed by atoms with E-state index in [1.165, 1.54) is 0 Å². The topological polar surface area (TPSA) is 67.4 Å². The number of hydrogen-bond acceptors (Lipinski definition) is 3. The fraction of sp³-hybridized carbons (Fsp3) is 0.176. The lowest BCUT2D eigenvalue weighted by Crippen LogP contribution is -2.38. The van der Waals surface area contributed by atoms with Crippen LogP contribution in [0.4, 0.5) is 4.79 Å². The highest BCUT2D eigenvalue weighted by Crippen LogP contribution is 2.07. The number of rotatable bonds is 6. The van der Waals surface area contributed by atoms with E-state index >= 15 is 0 Å². The van der Waals surface area contributed by atoms with Crippen LogP contribution in [0.5, 0.6) is 5.75 Å². The molecule has 0 fully saturated rings. The SMILES string of the molecule is O=C(CNC(=O)Oc1ccccc1)NCCc1ccccc1. The summed E-state index contributed by atoms with van der Waals surface area (Å²) in [5.41, 5.74) is 1.15.